The molecule has 0 heterocycles. The van der Waals surface area contributed by atoms with E-state index < -0.39 is 26.2 Å². The van der Waals surface area contributed by atoms with Gasteiger partial charge in [-0.25, -0.2) is 0 Å². The van der Waals surface area contributed by atoms with Crippen LogP contribution in [0.1, 0.15) is 0 Å². The number of hydrogen-bond acceptors (Lipinski definition) is 6. The van der Waals surface area contributed by atoms with Crippen LogP contribution in [0.3, 0.4) is 0 Å². The van der Waals surface area contributed by atoms with Gasteiger partial charge in [-0.2, -0.15) is 0 Å². The molecule has 0 fully saturated rings. The monoisotopic (exact) mass is 212 g/mol. The molecule has 0 aliphatic carbocycles. The summed E-state index contributed by atoms with van der Waals surface area (Å²) in [5.41, 5.74) is 10.2. The van der Waals surface area contributed by atoms with Crippen LogP contribution in [-0.2, 0) is 18.4 Å². The van der Waals surface area contributed by atoms with Crippen molar-refractivity contribution in [2.45, 2.75) is 6.04 Å². The second kappa shape index (κ2) is 5.31. The molecule has 0 amide bonds. The van der Waals surface area contributed by atoms with Gasteiger partial charge >= 0.3 is 13.6 Å². The Labute approximate surface area is 75.5 Å². The topological polar surface area (TPSA) is 125 Å². The van der Waals surface area contributed by atoms with Crippen LogP contribution < -0.4 is 11.5 Å². The average molecular weight is 212 g/mol. The summed E-state index contributed by atoms with van der Waals surface area (Å²) in [6.07, 6.45) is -0.310. The largest absolute Gasteiger partial charge is 0.480 e. The Hall–Kier alpha value is -0.460. The van der Waals surface area contributed by atoms with E-state index in [0.717, 1.165) is 0 Å². The molecular weight excluding hydrogens is 199 g/mol. The van der Waals surface area contributed by atoms with Gasteiger partial charge in [-0.05, 0) is 0 Å². The van der Waals surface area contributed by atoms with Crippen molar-refractivity contribution in [2.24, 2.45) is 11.5 Å². The van der Waals surface area contributed by atoms with Crippen LogP contribution in [0.4, 0.5) is 0 Å². The molecule has 78 valence electrons. The lowest BCUT2D eigenvalue weighted by Gasteiger charge is -2.15. The molecule has 0 saturated heterocycles. The first-order valence-electron chi connectivity index (χ1n) is 3.43. The van der Waals surface area contributed by atoms with Gasteiger partial charge in [0.25, 0.3) is 0 Å². The molecule has 2 unspecified atom stereocenters. The predicted molar refractivity (Wildman–Crippen MR) is 45.2 cm³/mol. The van der Waals surface area contributed by atoms with E-state index in [1.54, 1.807) is 0 Å². The van der Waals surface area contributed by atoms with Crippen molar-refractivity contribution in [1.29, 1.82) is 0 Å². The summed E-state index contributed by atoms with van der Waals surface area (Å²) in [4.78, 5) is 10.2. The molecule has 0 aromatic carbocycles. The van der Waals surface area contributed by atoms with Crippen molar-refractivity contribution in [1.82, 2.24) is 0 Å². The lowest BCUT2D eigenvalue weighted by molar-refractivity contribution is -0.139. The van der Waals surface area contributed by atoms with Gasteiger partial charge in [-0.15, -0.1) is 0 Å². The van der Waals surface area contributed by atoms with E-state index in [2.05, 4.69) is 9.05 Å². The van der Waals surface area contributed by atoms with Crippen LogP contribution in [-0.4, -0.2) is 37.1 Å². The summed E-state index contributed by atoms with van der Waals surface area (Å²) in [6.45, 7) is -0.391. The van der Waals surface area contributed by atoms with Crippen LogP contribution in [0.2, 0.25) is 0 Å². The minimum absolute atomic E-state index is 0.310. The number of rotatable bonds is 6. The Morgan fingerprint density at radius 2 is 2.23 bits per heavy atom. The minimum Gasteiger partial charge on any atom is -0.480 e. The molecule has 0 rings (SSSR count). The fourth-order valence-corrected chi connectivity index (χ4v) is 1.19. The molecule has 0 aromatic rings. The Kier molecular flexibility index (Phi) is 5.12. The van der Waals surface area contributed by atoms with E-state index in [1.807, 2.05) is 0 Å². The normalized spacial score (nSPS) is 17.8. The van der Waals surface area contributed by atoms with Gasteiger partial charge in [0.1, 0.15) is 6.04 Å². The van der Waals surface area contributed by atoms with Crippen molar-refractivity contribution in [2.75, 3.05) is 20.0 Å². The molecule has 5 N–H and O–H groups in total. The molecule has 0 spiro atoms. The van der Waals surface area contributed by atoms with E-state index in [9.17, 15) is 9.36 Å². The van der Waals surface area contributed by atoms with Crippen molar-refractivity contribution >= 4 is 13.6 Å². The third kappa shape index (κ3) is 4.35. The van der Waals surface area contributed by atoms with Crippen LogP contribution >= 0.6 is 7.60 Å². The summed E-state index contributed by atoms with van der Waals surface area (Å²) in [5, 5.41) is 8.36. The van der Waals surface area contributed by atoms with Crippen molar-refractivity contribution in [3.63, 3.8) is 0 Å². The molecule has 13 heavy (non-hydrogen) atoms. The van der Waals surface area contributed by atoms with Crippen LogP contribution in [0.25, 0.3) is 0 Å². The van der Waals surface area contributed by atoms with Crippen molar-refractivity contribution in [3.8, 4) is 0 Å². The standard InChI is InChI=1S/C5H13N2O5P/c1-11-13(10,3-6)12-2-4(7)5(8)9/h4H,2-3,6-7H2,1H3,(H,8,9). The number of hydrogen-bond donors (Lipinski definition) is 3. The summed E-state index contributed by atoms with van der Waals surface area (Å²) in [6, 6.07) is -1.23. The van der Waals surface area contributed by atoms with E-state index >= 15 is 0 Å². The highest BCUT2D eigenvalue weighted by Gasteiger charge is 2.23. The Morgan fingerprint density at radius 3 is 2.54 bits per heavy atom. The van der Waals surface area contributed by atoms with Gasteiger partial charge in [0.2, 0.25) is 0 Å². The molecule has 0 aliphatic heterocycles. The highest BCUT2D eigenvalue weighted by atomic mass is 31.2. The van der Waals surface area contributed by atoms with E-state index in [-0.39, 0.29) is 6.29 Å². The van der Waals surface area contributed by atoms with Crippen LogP contribution in [0, 0.1) is 0 Å². The summed E-state index contributed by atoms with van der Waals surface area (Å²) in [7, 11) is -2.17. The van der Waals surface area contributed by atoms with Crippen molar-refractivity contribution in [3.05, 3.63) is 0 Å². The highest BCUT2D eigenvalue weighted by Crippen LogP contribution is 2.44. The number of carboxylic acid groups (broad SMARTS) is 1. The number of nitrogens with two attached hydrogens (primary N) is 2. The maximum absolute atomic E-state index is 11.3. The fourth-order valence-electron chi connectivity index (χ4n) is 0.445. The Bertz CT molecular complexity index is 213. The molecule has 2 atom stereocenters. The highest BCUT2D eigenvalue weighted by molar-refractivity contribution is 7.53. The fraction of sp³-hybridized carbons (Fsp3) is 0.800. The Morgan fingerprint density at radius 1 is 1.69 bits per heavy atom. The first-order chi connectivity index (χ1) is 5.95. The first-order valence-corrected chi connectivity index (χ1v) is 5.16. The maximum atomic E-state index is 11.3. The minimum atomic E-state index is -3.34. The third-order valence-electron chi connectivity index (χ3n) is 1.27. The lowest BCUT2D eigenvalue weighted by Crippen LogP contribution is -2.34. The summed E-state index contributed by atoms with van der Waals surface area (Å²) < 4.78 is 20.4. The molecule has 7 nitrogen and oxygen atoms in total. The maximum Gasteiger partial charge on any atom is 0.343 e. The Balaban J connectivity index is 4.00. The SMILES string of the molecule is COP(=O)(CN)OCC(N)C(=O)O. The third-order valence-corrected chi connectivity index (χ3v) is 2.82. The van der Waals surface area contributed by atoms with Crippen molar-refractivity contribution < 1.29 is 23.5 Å². The lowest BCUT2D eigenvalue weighted by atomic mass is 10.3. The van der Waals surface area contributed by atoms with Gasteiger partial charge in [-0.1, -0.05) is 0 Å². The molecule has 0 bridgehead atoms. The zero-order valence-corrected chi connectivity index (χ0v) is 8.07. The van der Waals surface area contributed by atoms with Gasteiger partial charge < -0.3 is 25.6 Å². The smallest absolute Gasteiger partial charge is 0.343 e. The predicted octanol–water partition coefficient (Wildman–Crippen LogP) is -0.829. The van der Waals surface area contributed by atoms with Gasteiger partial charge in [0.15, 0.2) is 0 Å². The van der Waals surface area contributed by atoms with Crippen LogP contribution in [0.15, 0.2) is 0 Å². The van der Waals surface area contributed by atoms with E-state index in [0.29, 0.717) is 0 Å². The summed E-state index contributed by atoms with van der Waals surface area (Å²) in [5.74, 6) is -1.24. The zero-order chi connectivity index (χ0) is 10.5. The number of aliphatic carboxylic acids is 1. The van der Waals surface area contributed by atoms with Gasteiger partial charge in [-0.3, -0.25) is 9.36 Å². The zero-order valence-electron chi connectivity index (χ0n) is 7.17. The van der Waals surface area contributed by atoms with Gasteiger partial charge in [0.05, 0.1) is 12.9 Å². The van der Waals surface area contributed by atoms with E-state index in [1.165, 1.54) is 7.11 Å². The first kappa shape index (κ1) is 12.5. The average Bonchev–Trinajstić information content (AvgIpc) is 2.13. The number of carboxylic acids is 1. The van der Waals surface area contributed by atoms with E-state index in [4.69, 9.17) is 16.6 Å². The summed E-state index contributed by atoms with van der Waals surface area (Å²) >= 11 is 0. The molecule has 8 heteroatoms. The molecule has 0 saturated carbocycles. The van der Waals surface area contributed by atoms with Gasteiger partial charge in [0, 0.05) is 7.11 Å². The second-order valence-electron chi connectivity index (χ2n) is 2.22. The number of carbonyl (C=O) groups is 1. The molecular formula is C5H13N2O5P. The quantitative estimate of drug-likeness (QED) is 0.490. The molecule has 0 aliphatic rings. The van der Waals surface area contributed by atoms with Crippen LogP contribution in [0.5, 0.6) is 0 Å². The molecule has 0 radical (unpaired) electrons. The second-order valence-corrected chi connectivity index (χ2v) is 4.43. The molecule has 0 aromatic heterocycles.